The molecule has 0 N–H and O–H groups in total. The molecule has 0 radical (unpaired) electrons. The zero-order valence-corrected chi connectivity index (χ0v) is 13.5. The quantitative estimate of drug-likeness (QED) is 0.729. The number of carbonyl (C=O) groups excluding carboxylic acids is 1. The second kappa shape index (κ2) is 5.92. The Morgan fingerprint density at radius 3 is 2.88 bits per heavy atom. The Morgan fingerprint density at radius 2 is 2.04 bits per heavy atom. The number of benzene rings is 1. The first-order valence-corrected chi connectivity index (χ1v) is 8.09. The molecule has 0 atom stereocenters. The lowest BCUT2D eigenvalue weighted by Crippen LogP contribution is -2.35. The molecule has 0 saturated carbocycles. The van der Waals surface area contributed by atoms with Crippen molar-refractivity contribution in [2.24, 2.45) is 0 Å². The number of amides is 1. The standard InChI is InChI=1S/C19H18N4O/c1-14-10-21-23(13-14)17-9-16(11-20-12-17)19(24)22-8-4-6-15-5-2-3-7-18(15)22/h2-3,5,7,9-13H,4,6,8H2,1H3. The molecule has 0 spiro atoms. The highest BCUT2D eigenvalue weighted by atomic mass is 16.2. The number of para-hydroxylation sites is 1. The van der Waals surface area contributed by atoms with Crippen LogP contribution in [0, 0.1) is 6.92 Å². The van der Waals surface area contributed by atoms with Crippen LogP contribution >= 0.6 is 0 Å². The lowest BCUT2D eigenvalue weighted by atomic mass is 10.0. The van der Waals surface area contributed by atoms with Gasteiger partial charge in [-0.25, -0.2) is 4.68 Å². The normalized spacial score (nSPS) is 13.6. The number of carbonyl (C=O) groups is 1. The van der Waals surface area contributed by atoms with Gasteiger partial charge in [0.25, 0.3) is 5.91 Å². The fraction of sp³-hybridized carbons (Fsp3) is 0.211. The number of pyridine rings is 1. The summed E-state index contributed by atoms with van der Waals surface area (Å²) >= 11 is 0. The van der Waals surface area contributed by atoms with Crippen molar-refractivity contribution in [3.8, 4) is 5.69 Å². The van der Waals surface area contributed by atoms with E-state index in [-0.39, 0.29) is 5.91 Å². The molecule has 0 aliphatic carbocycles. The number of hydrogen-bond donors (Lipinski definition) is 0. The number of rotatable bonds is 2. The first-order valence-electron chi connectivity index (χ1n) is 8.09. The Balaban J connectivity index is 1.69. The van der Waals surface area contributed by atoms with Crippen molar-refractivity contribution in [2.45, 2.75) is 19.8 Å². The Bertz CT molecular complexity index is 900. The van der Waals surface area contributed by atoms with Crippen molar-refractivity contribution in [3.05, 3.63) is 71.8 Å². The summed E-state index contributed by atoms with van der Waals surface area (Å²) in [5.41, 5.74) is 4.67. The van der Waals surface area contributed by atoms with E-state index in [4.69, 9.17) is 0 Å². The number of aryl methyl sites for hydroxylation is 2. The molecule has 0 saturated heterocycles. The molecule has 0 fully saturated rings. The SMILES string of the molecule is Cc1cnn(-c2cncc(C(=O)N3CCCc4ccccc43)c2)c1. The molecule has 1 aliphatic rings. The second-order valence-corrected chi connectivity index (χ2v) is 6.08. The van der Waals surface area contributed by atoms with Gasteiger partial charge in [0.05, 0.1) is 23.6 Å². The topological polar surface area (TPSA) is 51.0 Å². The van der Waals surface area contributed by atoms with Gasteiger partial charge >= 0.3 is 0 Å². The van der Waals surface area contributed by atoms with Crippen LogP contribution in [0.15, 0.2) is 55.1 Å². The van der Waals surface area contributed by atoms with Gasteiger partial charge in [0.2, 0.25) is 0 Å². The largest absolute Gasteiger partial charge is 0.308 e. The fourth-order valence-corrected chi connectivity index (χ4v) is 3.12. The van der Waals surface area contributed by atoms with E-state index >= 15 is 0 Å². The molecule has 24 heavy (non-hydrogen) atoms. The first kappa shape index (κ1) is 14.6. The minimum atomic E-state index is -0.0135. The van der Waals surface area contributed by atoms with Crippen molar-refractivity contribution in [1.29, 1.82) is 0 Å². The molecule has 1 aromatic carbocycles. The van der Waals surface area contributed by atoms with Gasteiger partial charge in [-0.05, 0) is 43.0 Å². The summed E-state index contributed by atoms with van der Waals surface area (Å²) in [4.78, 5) is 19.1. The molecule has 5 nitrogen and oxygen atoms in total. The van der Waals surface area contributed by atoms with Crippen molar-refractivity contribution < 1.29 is 4.79 Å². The molecule has 5 heteroatoms. The van der Waals surface area contributed by atoms with Gasteiger partial charge in [0, 0.05) is 24.6 Å². The summed E-state index contributed by atoms with van der Waals surface area (Å²) in [5, 5.41) is 4.29. The average molecular weight is 318 g/mol. The van der Waals surface area contributed by atoms with Crippen LogP contribution in [0.25, 0.3) is 5.69 Å². The summed E-state index contributed by atoms with van der Waals surface area (Å²) in [6, 6.07) is 9.95. The Hall–Kier alpha value is -2.95. The van der Waals surface area contributed by atoms with Gasteiger partial charge in [0.1, 0.15) is 0 Å². The maximum absolute atomic E-state index is 13.0. The van der Waals surface area contributed by atoms with Gasteiger partial charge < -0.3 is 4.90 Å². The van der Waals surface area contributed by atoms with E-state index in [9.17, 15) is 4.79 Å². The number of fused-ring (bicyclic) bond motifs is 1. The summed E-state index contributed by atoms with van der Waals surface area (Å²) in [7, 11) is 0. The van der Waals surface area contributed by atoms with E-state index in [1.807, 2.05) is 42.3 Å². The summed E-state index contributed by atoms with van der Waals surface area (Å²) in [6.45, 7) is 2.72. The van der Waals surface area contributed by atoms with Crippen LogP contribution in [0.1, 0.15) is 27.9 Å². The molecule has 3 heterocycles. The van der Waals surface area contributed by atoms with Crippen LogP contribution in [0.2, 0.25) is 0 Å². The Morgan fingerprint density at radius 1 is 1.17 bits per heavy atom. The van der Waals surface area contributed by atoms with Crippen molar-refractivity contribution in [1.82, 2.24) is 14.8 Å². The Kier molecular flexibility index (Phi) is 3.61. The van der Waals surface area contributed by atoms with E-state index < -0.39 is 0 Å². The van der Waals surface area contributed by atoms with Gasteiger partial charge in [-0.15, -0.1) is 0 Å². The molecular formula is C19H18N4O. The van der Waals surface area contributed by atoms with Gasteiger partial charge in [-0.1, -0.05) is 18.2 Å². The third-order valence-corrected chi connectivity index (χ3v) is 4.30. The average Bonchev–Trinajstić information content (AvgIpc) is 3.07. The maximum atomic E-state index is 13.0. The molecule has 4 rings (SSSR count). The van der Waals surface area contributed by atoms with Gasteiger partial charge in [0.15, 0.2) is 0 Å². The van der Waals surface area contributed by atoms with E-state index in [0.717, 1.165) is 36.3 Å². The summed E-state index contributed by atoms with van der Waals surface area (Å²) in [5.74, 6) is -0.0135. The molecule has 0 bridgehead atoms. The van der Waals surface area contributed by atoms with Crippen LogP contribution < -0.4 is 4.90 Å². The third kappa shape index (κ3) is 2.58. The smallest absolute Gasteiger partial charge is 0.259 e. The summed E-state index contributed by atoms with van der Waals surface area (Å²) < 4.78 is 1.74. The van der Waals surface area contributed by atoms with Crippen molar-refractivity contribution >= 4 is 11.6 Å². The van der Waals surface area contributed by atoms with Crippen molar-refractivity contribution in [2.75, 3.05) is 11.4 Å². The molecule has 1 aliphatic heterocycles. The van der Waals surface area contributed by atoms with Crippen LogP contribution in [-0.2, 0) is 6.42 Å². The number of nitrogens with zero attached hydrogens (tertiary/aromatic N) is 4. The maximum Gasteiger partial charge on any atom is 0.259 e. The van der Waals surface area contributed by atoms with Crippen LogP contribution in [-0.4, -0.2) is 27.2 Å². The minimum Gasteiger partial charge on any atom is -0.308 e. The number of anilines is 1. The third-order valence-electron chi connectivity index (χ3n) is 4.30. The van der Waals surface area contributed by atoms with E-state index in [1.54, 1.807) is 23.3 Å². The van der Waals surface area contributed by atoms with Gasteiger partial charge in [-0.2, -0.15) is 5.10 Å². The predicted octanol–water partition coefficient (Wildman–Crippen LogP) is 3.17. The highest BCUT2D eigenvalue weighted by Gasteiger charge is 2.23. The molecule has 0 unspecified atom stereocenters. The van der Waals surface area contributed by atoms with E-state index in [1.165, 1.54) is 5.56 Å². The molecule has 2 aromatic heterocycles. The predicted molar refractivity (Wildman–Crippen MR) is 92.5 cm³/mol. The molecule has 3 aromatic rings. The van der Waals surface area contributed by atoms with Crippen LogP contribution in [0.5, 0.6) is 0 Å². The molecule has 120 valence electrons. The van der Waals surface area contributed by atoms with Crippen molar-refractivity contribution in [3.63, 3.8) is 0 Å². The second-order valence-electron chi connectivity index (χ2n) is 6.08. The Labute approximate surface area is 140 Å². The lowest BCUT2D eigenvalue weighted by molar-refractivity contribution is 0.0984. The first-order chi connectivity index (χ1) is 11.7. The zero-order chi connectivity index (χ0) is 16.5. The number of hydrogen-bond acceptors (Lipinski definition) is 3. The minimum absolute atomic E-state index is 0.0135. The molecule has 1 amide bonds. The monoisotopic (exact) mass is 318 g/mol. The van der Waals surface area contributed by atoms with Crippen LogP contribution in [0.4, 0.5) is 5.69 Å². The number of aromatic nitrogens is 3. The van der Waals surface area contributed by atoms with Crippen LogP contribution in [0.3, 0.4) is 0 Å². The van der Waals surface area contributed by atoms with E-state index in [0.29, 0.717) is 5.56 Å². The zero-order valence-electron chi connectivity index (χ0n) is 13.5. The highest BCUT2D eigenvalue weighted by Crippen LogP contribution is 2.28. The highest BCUT2D eigenvalue weighted by molar-refractivity contribution is 6.06. The summed E-state index contributed by atoms with van der Waals surface area (Å²) in [6.07, 6.45) is 9.04. The van der Waals surface area contributed by atoms with E-state index in [2.05, 4.69) is 16.1 Å². The molecular weight excluding hydrogens is 300 g/mol. The van der Waals surface area contributed by atoms with Gasteiger partial charge in [-0.3, -0.25) is 9.78 Å². The lowest BCUT2D eigenvalue weighted by Gasteiger charge is -2.29. The fourth-order valence-electron chi connectivity index (χ4n) is 3.12.